The molecule has 0 aromatic carbocycles. The summed E-state index contributed by atoms with van der Waals surface area (Å²) >= 11 is 5.37. The average Bonchev–Trinajstić information content (AvgIpc) is 1.87. The van der Waals surface area contributed by atoms with E-state index < -0.39 is 6.04 Å². The van der Waals surface area contributed by atoms with Gasteiger partial charge in [-0.2, -0.15) is 0 Å². The average molecular weight is 178 g/mol. The van der Waals surface area contributed by atoms with Crippen molar-refractivity contribution in [1.82, 2.24) is 0 Å². The highest BCUT2D eigenvalue weighted by Gasteiger charge is 2.13. The number of carbonyl (C=O) groups is 1. The lowest BCUT2D eigenvalue weighted by Gasteiger charge is -2.15. The predicted molar refractivity (Wildman–Crippen MR) is 50.9 cm³/mol. The Morgan fingerprint density at radius 3 is 1.90 bits per heavy atom. The Bertz CT molecular complexity index is 157. The monoisotopic (exact) mass is 178 g/mol. The summed E-state index contributed by atoms with van der Waals surface area (Å²) in [5.74, 6) is 0.257. The Hall–Kier alpha value is 0.320. The highest BCUT2D eigenvalue weighted by Crippen LogP contribution is 2.44. The van der Waals surface area contributed by atoms with Crippen LogP contribution in [-0.2, 0) is 16.6 Å². The molecule has 0 aliphatic carbocycles. The molecule has 60 valence electrons. The highest BCUT2D eigenvalue weighted by atomic mass is 32.4. The zero-order valence-electron chi connectivity index (χ0n) is 6.89. The van der Waals surface area contributed by atoms with E-state index in [0.717, 1.165) is 12.3 Å². The Morgan fingerprint density at radius 2 is 1.80 bits per heavy atom. The van der Waals surface area contributed by atoms with Crippen LogP contribution in [0.3, 0.4) is 0 Å². The lowest BCUT2D eigenvalue weighted by Crippen LogP contribution is -2.03. The second kappa shape index (κ2) is 4.25. The Labute approximate surface area is 68.2 Å². The lowest BCUT2D eigenvalue weighted by molar-refractivity contribution is -0.114. The minimum atomic E-state index is -1.25. The number of hydrogen-bond acceptors (Lipinski definition) is 2. The SMILES string of the molecule is CCP(=S)(CC)CC(C)=O. The summed E-state index contributed by atoms with van der Waals surface area (Å²) in [6.45, 7) is 5.81. The molecular formula is C7H15OPS. The third-order valence-electron chi connectivity index (χ3n) is 1.66. The van der Waals surface area contributed by atoms with Crippen LogP contribution in [0.5, 0.6) is 0 Å². The van der Waals surface area contributed by atoms with Crippen molar-refractivity contribution in [1.29, 1.82) is 0 Å². The molecule has 0 heterocycles. The molecule has 0 aromatic heterocycles. The van der Waals surface area contributed by atoms with E-state index in [1.165, 1.54) is 0 Å². The van der Waals surface area contributed by atoms with E-state index in [1.807, 2.05) is 0 Å². The second-order valence-electron chi connectivity index (χ2n) is 2.55. The highest BCUT2D eigenvalue weighted by molar-refractivity contribution is 8.14. The molecule has 1 nitrogen and oxygen atoms in total. The van der Waals surface area contributed by atoms with Gasteiger partial charge in [0.1, 0.15) is 5.78 Å². The van der Waals surface area contributed by atoms with Crippen molar-refractivity contribution in [3.63, 3.8) is 0 Å². The summed E-state index contributed by atoms with van der Waals surface area (Å²) in [7, 11) is 0. The molecule has 0 radical (unpaired) electrons. The standard InChI is InChI=1S/C7H15OPS/c1-4-9(10,5-2)6-7(3)8/h4-6H2,1-3H3. The van der Waals surface area contributed by atoms with Crippen molar-refractivity contribution in [2.24, 2.45) is 0 Å². The van der Waals surface area contributed by atoms with Crippen molar-refractivity contribution in [2.75, 3.05) is 18.5 Å². The van der Waals surface area contributed by atoms with Crippen molar-refractivity contribution < 1.29 is 4.79 Å². The van der Waals surface area contributed by atoms with E-state index >= 15 is 0 Å². The zero-order chi connectivity index (χ0) is 8.20. The van der Waals surface area contributed by atoms with E-state index in [-0.39, 0.29) is 5.78 Å². The van der Waals surface area contributed by atoms with Crippen LogP contribution in [0.25, 0.3) is 0 Å². The molecule has 0 amide bonds. The molecule has 0 bridgehead atoms. The van der Waals surface area contributed by atoms with Crippen LogP contribution in [0.2, 0.25) is 0 Å². The summed E-state index contributed by atoms with van der Waals surface area (Å²) in [5.41, 5.74) is 0. The van der Waals surface area contributed by atoms with Gasteiger partial charge in [-0.15, -0.1) is 0 Å². The minimum absolute atomic E-state index is 0.257. The fraction of sp³-hybridized carbons (Fsp3) is 0.857. The molecule has 0 spiro atoms. The third-order valence-corrected chi connectivity index (χ3v) is 6.93. The van der Waals surface area contributed by atoms with Crippen molar-refractivity contribution >= 4 is 23.6 Å². The van der Waals surface area contributed by atoms with Crippen molar-refractivity contribution in [3.05, 3.63) is 0 Å². The third kappa shape index (κ3) is 3.48. The quantitative estimate of drug-likeness (QED) is 0.613. The van der Waals surface area contributed by atoms with Crippen LogP contribution in [0, 0.1) is 0 Å². The molecule has 0 aliphatic heterocycles. The first-order valence-electron chi connectivity index (χ1n) is 3.60. The molecule has 0 aliphatic rings. The number of ketones is 1. The van der Waals surface area contributed by atoms with Gasteiger partial charge in [0.05, 0.1) is 0 Å². The lowest BCUT2D eigenvalue weighted by atomic mass is 10.5. The number of Topliss-reactive ketones (excluding diaryl/α,β-unsaturated/α-hetero) is 1. The topological polar surface area (TPSA) is 17.1 Å². The fourth-order valence-electron chi connectivity index (χ4n) is 0.853. The molecule has 10 heavy (non-hydrogen) atoms. The molecular weight excluding hydrogens is 163 g/mol. The molecule has 3 heteroatoms. The van der Waals surface area contributed by atoms with Gasteiger partial charge in [-0.05, 0) is 25.3 Å². The first-order chi connectivity index (χ1) is 4.54. The summed E-state index contributed by atoms with van der Waals surface area (Å²) < 4.78 is 0. The summed E-state index contributed by atoms with van der Waals surface area (Å²) in [5, 5.41) is 0. The summed E-state index contributed by atoms with van der Waals surface area (Å²) in [4.78, 5) is 10.7. The van der Waals surface area contributed by atoms with Gasteiger partial charge in [-0.25, -0.2) is 0 Å². The molecule has 0 atom stereocenters. The van der Waals surface area contributed by atoms with Gasteiger partial charge in [-0.3, -0.25) is 4.79 Å². The molecule has 0 unspecified atom stereocenters. The van der Waals surface area contributed by atoms with Crippen LogP contribution in [0.1, 0.15) is 20.8 Å². The van der Waals surface area contributed by atoms with Crippen LogP contribution < -0.4 is 0 Å². The van der Waals surface area contributed by atoms with Gasteiger partial charge >= 0.3 is 0 Å². The van der Waals surface area contributed by atoms with E-state index in [1.54, 1.807) is 6.92 Å². The predicted octanol–water partition coefficient (Wildman–Crippen LogP) is 2.09. The maximum absolute atomic E-state index is 10.7. The Balaban J connectivity index is 4.07. The smallest absolute Gasteiger partial charge is 0.134 e. The number of hydrogen-bond donors (Lipinski definition) is 0. The molecule has 0 fully saturated rings. The Kier molecular flexibility index (Phi) is 4.39. The summed E-state index contributed by atoms with van der Waals surface area (Å²) in [6.07, 6.45) is 2.71. The molecule has 0 N–H and O–H groups in total. The van der Waals surface area contributed by atoms with Crippen LogP contribution in [-0.4, -0.2) is 24.3 Å². The molecule has 0 saturated heterocycles. The van der Waals surface area contributed by atoms with E-state index in [0.29, 0.717) is 6.16 Å². The maximum Gasteiger partial charge on any atom is 0.134 e. The molecule has 0 rings (SSSR count). The van der Waals surface area contributed by atoms with Crippen LogP contribution in [0.4, 0.5) is 0 Å². The van der Waals surface area contributed by atoms with Crippen LogP contribution >= 0.6 is 6.04 Å². The Morgan fingerprint density at radius 1 is 1.40 bits per heavy atom. The van der Waals surface area contributed by atoms with Crippen LogP contribution in [0.15, 0.2) is 0 Å². The van der Waals surface area contributed by atoms with Gasteiger partial charge in [0, 0.05) is 6.16 Å². The van der Waals surface area contributed by atoms with Gasteiger partial charge in [0.2, 0.25) is 0 Å². The largest absolute Gasteiger partial charge is 0.300 e. The number of carbonyl (C=O) groups excluding carboxylic acids is 1. The van der Waals surface area contributed by atoms with Gasteiger partial charge < -0.3 is 0 Å². The normalized spacial score (nSPS) is 11.5. The van der Waals surface area contributed by atoms with Gasteiger partial charge in [0.15, 0.2) is 0 Å². The fourth-order valence-corrected chi connectivity index (χ4v) is 3.10. The van der Waals surface area contributed by atoms with Gasteiger partial charge in [0.25, 0.3) is 0 Å². The minimum Gasteiger partial charge on any atom is -0.300 e. The number of rotatable bonds is 4. The van der Waals surface area contributed by atoms with E-state index in [4.69, 9.17) is 11.8 Å². The van der Waals surface area contributed by atoms with Gasteiger partial charge in [-0.1, -0.05) is 25.7 Å². The van der Waals surface area contributed by atoms with Crippen molar-refractivity contribution in [3.8, 4) is 0 Å². The van der Waals surface area contributed by atoms with E-state index in [2.05, 4.69) is 13.8 Å². The van der Waals surface area contributed by atoms with E-state index in [9.17, 15) is 4.79 Å². The zero-order valence-corrected chi connectivity index (χ0v) is 8.60. The summed E-state index contributed by atoms with van der Waals surface area (Å²) in [6, 6.07) is -1.25. The second-order valence-corrected chi connectivity index (χ2v) is 8.57. The first kappa shape index (κ1) is 10.3. The van der Waals surface area contributed by atoms with Crippen molar-refractivity contribution in [2.45, 2.75) is 20.8 Å². The maximum atomic E-state index is 10.7. The molecule has 0 aromatic rings. The molecule has 0 saturated carbocycles. The first-order valence-corrected chi connectivity index (χ1v) is 6.96.